The van der Waals surface area contributed by atoms with Gasteiger partial charge in [0, 0.05) is 24.5 Å². The van der Waals surface area contributed by atoms with E-state index in [1.807, 2.05) is 48.5 Å². The van der Waals surface area contributed by atoms with Crippen molar-refractivity contribution in [3.63, 3.8) is 0 Å². The summed E-state index contributed by atoms with van der Waals surface area (Å²) in [5.74, 6) is -0.826. The number of unbranched alkanes of at least 4 members (excludes halogenated alkanes) is 1. The van der Waals surface area contributed by atoms with Gasteiger partial charge in [-0.2, -0.15) is 13.2 Å². The van der Waals surface area contributed by atoms with E-state index in [0.29, 0.717) is 22.7 Å². The maximum absolute atomic E-state index is 13.6. The first-order valence-electron chi connectivity index (χ1n) is 13.6. The summed E-state index contributed by atoms with van der Waals surface area (Å²) < 4.78 is 39.2. The molecule has 5 nitrogen and oxygen atoms in total. The predicted octanol–water partition coefficient (Wildman–Crippen LogP) is 7.06. The molecule has 3 aromatic rings. The van der Waals surface area contributed by atoms with Crippen LogP contribution in [0.1, 0.15) is 52.9 Å². The molecule has 0 unspecified atom stereocenters. The van der Waals surface area contributed by atoms with Crippen LogP contribution in [0.5, 0.6) is 0 Å². The molecule has 0 atom stereocenters. The van der Waals surface area contributed by atoms with E-state index < -0.39 is 24.0 Å². The number of halogens is 5. The van der Waals surface area contributed by atoms with Gasteiger partial charge in [-0.15, -0.1) is 11.3 Å². The van der Waals surface area contributed by atoms with Gasteiger partial charge < -0.3 is 15.5 Å². The molecule has 1 aromatic heterocycles. The Morgan fingerprint density at radius 2 is 1.59 bits per heavy atom. The van der Waals surface area contributed by atoms with Gasteiger partial charge in [-0.3, -0.25) is 9.59 Å². The fourth-order valence-electron chi connectivity index (χ4n) is 6.04. The molecule has 0 saturated carbocycles. The molecule has 1 saturated heterocycles. The Balaban J connectivity index is 1.21. The van der Waals surface area contributed by atoms with Gasteiger partial charge in [0.1, 0.15) is 16.8 Å². The van der Waals surface area contributed by atoms with Gasteiger partial charge in [0.2, 0.25) is 5.91 Å². The molecule has 1 fully saturated rings. The van der Waals surface area contributed by atoms with E-state index >= 15 is 0 Å². The lowest BCUT2D eigenvalue weighted by molar-refractivity contribution is -0.141. The third-order valence-electron chi connectivity index (χ3n) is 8.00. The first-order valence-corrected chi connectivity index (χ1v) is 15.2. The highest BCUT2D eigenvalue weighted by Crippen LogP contribution is 2.51. The Bertz CT molecular complexity index is 1370. The number of amides is 2. The number of nitrogens with one attached hydrogen (secondary N) is 2. The predicted molar refractivity (Wildman–Crippen MR) is 157 cm³/mol. The minimum Gasteiger partial charge on any atom is -0.348 e. The maximum Gasteiger partial charge on any atom is 0.405 e. The number of likely N-dealkylation sites (tertiary alicyclic amines) is 1. The van der Waals surface area contributed by atoms with Crippen LogP contribution < -0.4 is 10.6 Å². The molecular formula is C30H30Cl2F3N3O2S. The standard InChI is InChI=1S/C30H30Cl2F3N3O2S/c31-24-17-41-26(25(24)32)27(39)37-19-11-15-38(16-12-19)14-6-5-13-29(28(40)36-18-30(33,34)35)22-9-3-1-7-20(22)21-8-2-4-10-23(21)29/h1-4,7-10,17,19H,5-6,11-16,18H2,(H,36,40)(H,37,39). The Kier molecular flexibility index (Phi) is 8.99. The molecule has 0 bridgehead atoms. The lowest BCUT2D eigenvalue weighted by Crippen LogP contribution is -2.47. The average Bonchev–Trinajstić information content (AvgIpc) is 3.45. The number of carbonyl (C=O) groups is 2. The normalized spacial score (nSPS) is 16.7. The molecule has 0 spiro atoms. The zero-order valence-electron chi connectivity index (χ0n) is 22.2. The number of thiophene rings is 1. The molecule has 2 aliphatic rings. The Hall–Kier alpha value is -2.59. The van der Waals surface area contributed by atoms with Gasteiger partial charge in [0.25, 0.3) is 5.91 Å². The van der Waals surface area contributed by atoms with Crippen molar-refractivity contribution in [2.75, 3.05) is 26.2 Å². The van der Waals surface area contributed by atoms with E-state index in [9.17, 15) is 22.8 Å². The number of alkyl halides is 3. The van der Waals surface area contributed by atoms with Crippen molar-refractivity contribution in [3.05, 3.63) is 80.0 Å². The van der Waals surface area contributed by atoms with Gasteiger partial charge in [0.15, 0.2) is 0 Å². The summed E-state index contributed by atoms with van der Waals surface area (Å²) in [6.07, 6.45) is -1.04. The smallest absolute Gasteiger partial charge is 0.348 e. The summed E-state index contributed by atoms with van der Waals surface area (Å²) in [7, 11) is 0. The maximum atomic E-state index is 13.6. The van der Waals surface area contributed by atoms with Crippen LogP contribution in [0.15, 0.2) is 53.9 Å². The number of piperidine rings is 1. The molecule has 218 valence electrons. The highest BCUT2D eigenvalue weighted by atomic mass is 35.5. The molecule has 41 heavy (non-hydrogen) atoms. The lowest BCUT2D eigenvalue weighted by Gasteiger charge is -2.33. The molecule has 11 heteroatoms. The van der Waals surface area contributed by atoms with Crippen molar-refractivity contribution < 1.29 is 22.8 Å². The number of nitrogens with zero attached hydrogens (tertiary/aromatic N) is 1. The average molecular weight is 625 g/mol. The van der Waals surface area contributed by atoms with Crippen molar-refractivity contribution >= 4 is 46.4 Å². The zero-order valence-corrected chi connectivity index (χ0v) is 24.5. The molecule has 5 rings (SSSR count). The minimum absolute atomic E-state index is 0.0442. The Morgan fingerprint density at radius 3 is 2.15 bits per heavy atom. The van der Waals surface area contributed by atoms with Crippen LogP contribution in [0, 0.1) is 0 Å². The highest BCUT2D eigenvalue weighted by Gasteiger charge is 2.49. The summed E-state index contributed by atoms with van der Waals surface area (Å²) in [6.45, 7) is 1.06. The number of fused-ring (bicyclic) bond motifs is 3. The topological polar surface area (TPSA) is 61.4 Å². The van der Waals surface area contributed by atoms with Crippen LogP contribution in [-0.2, 0) is 10.2 Å². The summed E-state index contributed by atoms with van der Waals surface area (Å²) in [4.78, 5) is 28.9. The van der Waals surface area contributed by atoms with Crippen LogP contribution in [0.25, 0.3) is 11.1 Å². The third kappa shape index (κ3) is 6.28. The van der Waals surface area contributed by atoms with Crippen LogP contribution in [-0.4, -0.2) is 55.1 Å². The van der Waals surface area contributed by atoms with Crippen molar-refractivity contribution in [1.29, 1.82) is 0 Å². The first kappa shape index (κ1) is 29.9. The van der Waals surface area contributed by atoms with Gasteiger partial charge in [-0.25, -0.2) is 0 Å². The fraction of sp³-hybridized carbons (Fsp3) is 0.400. The Morgan fingerprint density at radius 1 is 0.976 bits per heavy atom. The number of hydrogen-bond donors (Lipinski definition) is 2. The minimum atomic E-state index is -4.50. The molecule has 2 N–H and O–H groups in total. The van der Waals surface area contributed by atoms with Crippen LogP contribution in [0.4, 0.5) is 13.2 Å². The second-order valence-electron chi connectivity index (χ2n) is 10.6. The molecule has 2 heterocycles. The second-order valence-corrected chi connectivity index (χ2v) is 12.2. The lowest BCUT2D eigenvalue weighted by atomic mass is 9.73. The van der Waals surface area contributed by atoms with Crippen LogP contribution >= 0.6 is 34.5 Å². The van der Waals surface area contributed by atoms with E-state index in [0.717, 1.165) is 61.2 Å². The molecule has 2 aromatic carbocycles. The van der Waals surface area contributed by atoms with E-state index in [-0.39, 0.29) is 17.0 Å². The van der Waals surface area contributed by atoms with E-state index in [1.54, 1.807) is 5.38 Å². The van der Waals surface area contributed by atoms with Crippen LogP contribution in [0.2, 0.25) is 10.0 Å². The summed E-state index contributed by atoms with van der Waals surface area (Å²) in [6, 6.07) is 15.1. The van der Waals surface area contributed by atoms with Crippen molar-refractivity contribution in [2.24, 2.45) is 0 Å². The van der Waals surface area contributed by atoms with Crippen LogP contribution in [0.3, 0.4) is 0 Å². The fourth-order valence-corrected chi connectivity index (χ4v) is 7.38. The van der Waals surface area contributed by atoms with Gasteiger partial charge in [-0.1, -0.05) is 78.2 Å². The van der Waals surface area contributed by atoms with Gasteiger partial charge in [0.05, 0.1) is 10.0 Å². The van der Waals surface area contributed by atoms with E-state index in [2.05, 4.69) is 15.5 Å². The van der Waals surface area contributed by atoms with Crippen molar-refractivity contribution in [1.82, 2.24) is 15.5 Å². The third-order valence-corrected chi connectivity index (χ3v) is 10.0. The van der Waals surface area contributed by atoms with Gasteiger partial charge >= 0.3 is 6.18 Å². The van der Waals surface area contributed by atoms with Crippen molar-refractivity contribution in [3.8, 4) is 11.1 Å². The van der Waals surface area contributed by atoms with Crippen molar-refractivity contribution in [2.45, 2.75) is 49.7 Å². The summed E-state index contributed by atoms with van der Waals surface area (Å²) in [5, 5.41) is 7.55. The first-order chi connectivity index (χ1) is 19.6. The number of hydrogen-bond acceptors (Lipinski definition) is 4. The molecular weight excluding hydrogens is 594 g/mol. The number of carbonyl (C=O) groups excluding carboxylic acids is 2. The second kappa shape index (κ2) is 12.3. The molecule has 1 aliphatic heterocycles. The highest BCUT2D eigenvalue weighted by molar-refractivity contribution is 7.13. The zero-order chi connectivity index (χ0) is 29.2. The quantitative estimate of drug-likeness (QED) is 0.251. The molecule has 2 amide bonds. The van der Waals surface area contributed by atoms with E-state index in [4.69, 9.17) is 23.2 Å². The number of rotatable bonds is 9. The largest absolute Gasteiger partial charge is 0.405 e. The Labute approximate surface area is 251 Å². The molecule has 1 aliphatic carbocycles. The van der Waals surface area contributed by atoms with Gasteiger partial charge in [-0.05, 0) is 54.5 Å². The van der Waals surface area contributed by atoms with E-state index in [1.165, 1.54) is 11.3 Å². The molecule has 0 radical (unpaired) electrons. The number of benzene rings is 2. The monoisotopic (exact) mass is 623 g/mol. The summed E-state index contributed by atoms with van der Waals surface area (Å²) >= 11 is 13.3. The summed E-state index contributed by atoms with van der Waals surface area (Å²) in [5.41, 5.74) is 2.11. The SMILES string of the molecule is O=C(NC1CCN(CCCCC2(C(=O)NCC(F)(F)F)c3ccccc3-c3ccccc32)CC1)c1scc(Cl)c1Cl.